The molecule has 2 unspecified atom stereocenters. The predicted octanol–water partition coefficient (Wildman–Crippen LogP) is 3.00. The van der Waals surface area contributed by atoms with Crippen molar-refractivity contribution in [2.45, 2.75) is 23.3 Å². The molecule has 0 aromatic heterocycles. The first kappa shape index (κ1) is 9.17. The van der Waals surface area contributed by atoms with E-state index in [0.717, 1.165) is 10.5 Å². The summed E-state index contributed by atoms with van der Waals surface area (Å²) in [6.07, 6.45) is 2.56. The number of rotatable bonds is 4. The first-order valence-electron chi connectivity index (χ1n) is 5.21. The number of hydrogen-bond donors (Lipinski definition) is 0. The zero-order valence-corrected chi connectivity index (χ0v) is 9.74. The summed E-state index contributed by atoms with van der Waals surface area (Å²) in [4.78, 5) is 0. The van der Waals surface area contributed by atoms with Crippen LogP contribution in [-0.4, -0.2) is 22.0 Å². The zero-order valence-electron chi connectivity index (χ0n) is 8.11. The van der Waals surface area contributed by atoms with Crippen LogP contribution in [0.25, 0.3) is 0 Å². The van der Waals surface area contributed by atoms with E-state index in [1.165, 1.54) is 35.5 Å². The molecule has 2 heterocycles. The predicted molar refractivity (Wildman–Crippen MR) is 66.3 cm³/mol. The zero-order chi connectivity index (χ0) is 9.38. The summed E-state index contributed by atoms with van der Waals surface area (Å²) in [6.45, 7) is 0. The van der Waals surface area contributed by atoms with Gasteiger partial charge in [0, 0.05) is 22.0 Å². The van der Waals surface area contributed by atoms with E-state index in [0.29, 0.717) is 0 Å². The molecule has 3 rings (SSSR count). The van der Waals surface area contributed by atoms with Crippen LogP contribution in [0.4, 0.5) is 0 Å². The Morgan fingerprint density at radius 2 is 1.21 bits per heavy atom. The molecule has 1 aromatic carbocycles. The lowest BCUT2D eigenvalue weighted by atomic mass is 10.1. The minimum Gasteiger partial charge on any atom is -0.156 e. The highest BCUT2D eigenvalue weighted by atomic mass is 32.2. The molecule has 0 bridgehead atoms. The average molecular weight is 222 g/mol. The second-order valence-corrected chi connectivity index (χ2v) is 6.80. The van der Waals surface area contributed by atoms with Crippen LogP contribution in [0.1, 0.15) is 11.1 Å². The third-order valence-corrected chi connectivity index (χ3v) is 4.70. The molecule has 2 fully saturated rings. The topological polar surface area (TPSA) is 0 Å². The Morgan fingerprint density at radius 3 is 1.50 bits per heavy atom. The van der Waals surface area contributed by atoms with Crippen molar-refractivity contribution in [3.8, 4) is 0 Å². The smallest absolute Gasteiger partial charge is 0.0179 e. The van der Waals surface area contributed by atoms with E-state index in [-0.39, 0.29) is 0 Å². The fourth-order valence-electron chi connectivity index (χ4n) is 1.71. The Bertz CT molecular complexity index is 277. The third kappa shape index (κ3) is 2.48. The number of thioether (sulfide) groups is 2. The fraction of sp³-hybridized carbons (Fsp3) is 0.500. The van der Waals surface area contributed by atoms with E-state index in [9.17, 15) is 0 Å². The Labute approximate surface area is 93.9 Å². The minimum atomic E-state index is 0.930. The summed E-state index contributed by atoms with van der Waals surface area (Å²) in [7, 11) is 0. The lowest BCUT2D eigenvalue weighted by molar-refractivity contribution is 0.998. The highest BCUT2D eigenvalue weighted by molar-refractivity contribution is 8.07. The fourth-order valence-corrected chi connectivity index (χ4v) is 2.84. The maximum Gasteiger partial charge on any atom is 0.0179 e. The van der Waals surface area contributed by atoms with Crippen molar-refractivity contribution in [3.05, 3.63) is 35.4 Å². The first-order valence-corrected chi connectivity index (χ1v) is 7.31. The summed E-state index contributed by atoms with van der Waals surface area (Å²) in [6, 6.07) is 9.28. The van der Waals surface area contributed by atoms with E-state index in [2.05, 4.69) is 47.8 Å². The van der Waals surface area contributed by atoms with E-state index >= 15 is 0 Å². The molecule has 0 amide bonds. The van der Waals surface area contributed by atoms with Crippen LogP contribution < -0.4 is 0 Å². The van der Waals surface area contributed by atoms with Crippen molar-refractivity contribution in [1.29, 1.82) is 0 Å². The molecule has 0 N–H and O–H groups in total. The van der Waals surface area contributed by atoms with Gasteiger partial charge in [0.1, 0.15) is 0 Å². The summed E-state index contributed by atoms with van der Waals surface area (Å²) < 4.78 is 0. The van der Waals surface area contributed by atoms with Crippen molar-refractivity contribution in [2.24, 2.45) is 0 Å². The van der Waals surface area contributed by atoms with Gasteiger partial charge in [-0.15, -0.1) is 0 Å². The van der Waals surface area contributed by atoms with Gasteiger partial charge >= 0.3 is 0 Å². The van der Waals surface area contributed by atoms with Crippen molar-refractivity contribution in [1.82, 2.24) is 0 Å². The van der Waals surface area contributed by atoms with Gasteiger partial charge in [-0.3, -0.25) is 0 Å². The Hall–Kier alpha value is -0.0800. The first-order chi connectivity index (χ1) is 6.90. The van der Waals surface area contributed by atoms with Crippen LogP contribution in [0.3, 0.4) is 0 Å². The highest BCUT2D eigenvalue weighted by Crippen LogP contribution is 2.34. The van der Waals surface area contributed by atoms with Crippen molar-refractivity contribution in [3.63, 3.8) is 0 Å². The molecule has 14 heavy (non-hydrogen) atoms. The summed E-state index contributed by atoms with van der Waals surface area (Å²) in [5, 5.41) is 1.86. The van der Waals surface area contributed by atoms with Crippen LogP contribution in [0.5, 0.6) is 0 Å². The summed E-state index contributed by atoms with van der Waals surface area (Å²) in [5.41, 5.74) is 3.04. The quantitative estimate of drug-likeness (QED) is 0.718. The van der Waals surface area contributed by atoms with E-state index < -0.39 is 0 Å². The van der Waals surface area contributed by atoms with E-state index in [1.54, 1.807) is 0 Å². The van der Waals surface area contributed by atoms with Gasteiger partial charge in [0.05, 0.1) is 0 Å². The van der Waals surface area contributed by atoms with Gasteiger partial charge in [0.2, 0.25) is 0 Å². The Kier molecular flexibility index (Phi) is 2.50. The SMILES string of the molecule is c1cc(CC2CS2)ccc1CC1CS1. The van der Waals surface area contributed by atoms with Crippen LogP contribution in [-0.2, 0) is 12.8 Å². The van der Waals surface area contributed by atoms with Crippen LogP contribution in [0.2, 0.25) is 0 Å². The molecule has 0 nitrogen and oxygen atoms in total. The van der Waals surface area contributed by atoms with E-state index in [1.807, 2.05) is 0 Å². The van der Waals surface area contributed by atoms with E-state index in [4.69, 9.17) is 0 Å². The van der Waals surface area contributed by atoms with Gasteiger partial charge in [0.15, 0.2) is 0 Å². The summed E-state index contributed by atoms with van der Waals surface area (Å²) in [5.74, 6) is 2.75. The molecule has 2 saturated heterocycles. The van der Waals surface area contributed by atoms with Gasteiger partial charge in [-0.05, 0) is 24.0 Å². The van der Waals surface area contributed by atoms with Crippen molar-refractivity contribution in [2.75, 3.05) is 11.5 Å². The lowest BCUT2D eigenvalue weighted by Gasteiger charge is -2.01. The van der Waals surface area contributed by atoms with Gasteiger partial charge in [0.25, 0.3) is 0 Å². The second kappa shape index (κ2) is 3.82. The number of benzene rings is 1. The van der Waals surface area contributed by atoms with Crippen LogP contribution in [0.15, 0.2) is 24.3 Å². The van der Waals surface area contributed by atoms with Crippen LogP contribution >= 0.6 is 23.5 Å². The maximum atomic E-state index is 2.32. The molecule has 2 aliphatic heterocycles. The van der Waals surface area contributed by atoms with Crippen LogP contribution in [0, 0.1) is 0 Å². The number of hydrogen-bond acceptors (Lipinski definition) is 2. The highest BCUT2D eigenvalue weighted by Gasteiger charge is 2.23. The largest absolute Gasteiger partial charge is 0.156 e. The minimum absolute atomic E-state index is 0.930. The molecule has 0 radical (unpaired) electrons. The normalized spacial score (nSPS) is 28.9. The molecule has 2 atom stereocenters. The van der Waals surface area contributed by atoms with Gasteiger partial charge in [-0.1, -0.05) is 24.3 Å². The second-order valence-electron chi connectivity index (χ2n) is 4.14. The maximum absolute atomic E-state index is 2.32. The Morgan fingerprint density at radius 1 is 0.857 bits per heavy atom. The molecule has 2 heteroatoms. The lowest BCUT2D eigenvalue weighted by Crippen LogP contribution is -1.94. The monoisotopic (exact) mass is 222 g/mol. The summed E-state index contributed by atoms with van der Waals surface area (Å²) >= 11 is 4.17. The van der Waals surface area contributed by atoms with Gasteiger partial charge in [-0.25, -0.2) is 0 Å². The van der Waals surface area contributed by atoms with Crippen molar-refractivity contribution < 1.29 is 0 Å². The molecule has 0 aliphatic carbocycles. The van der Waals surface area contributed by atoms with Gasteiger partial charge in [-0.2, -0.15) is 23.5 Å². The average Bonchev–Trinajstić information content (AvgIpc) is 3.02. The standard InChI is InChI=1S/C12H14S2/c1-2-10(6-12-8-14-12)4-3-9(1)5-11-7-13-11/h1-4,11-12H,5-8H2. The Balaban J connectivity index is 1.62. The van der Waals surface area contributed by atoms with Gasteiger partial charge < -0.3 is 0 Å². The third-order valence-electron chi connectivity index (χ3n) is 2.75. The molecule has 2 aliphatic rings. The molecule has 74 valence electrons. The molecular weight excluding hydrogens is 208 g/mol. The molecule has 0 saturated carbocycles. The molecule has 0 spiro atoms. The van der Waals surface area contributed by atoms with Crippen molar-refractivity contribution >= 4 is 23.5 Å². The molecule has 1 aromatic rings. The molecular formula is C12H14S2.